The number of nitrogens with one attached hydrogen (secondary N) is 1. The van der Waals surface area contributed by atoms with Crippen LogP contribution < -0.4 is 10.1 Å². The summed E-state index contributed by atoms with van der Waals surface area (Å²) in [6.45, 7) is 0.118. The van der Waals surface area contributed by atoms with Gasteiger partial charge in [0.1, 0.15) is 11.5 Å². The van der Waals surface area contributed by atoms with E-state index >= 15 is 0 Å². The number of carbonyl (C=O) groups excluding carboxylic acids is 1. The fraction of sp³-hybridized carbons (Fsp3) is 0.231. The maximum absolute atomic E-state index is 12.9. The lowest BCUT2D eigenvalue weighted by Gasteiger charge is -2.19. The highest BCUT2D eigenvalue weighted by Gasteiger charge is 2.31. The average Bonchev–Trinajstić information content (AvgIpc) is 2.79. The average molecular weight is 471 g/mol. The molecule has 0 saturated carbocycles. The second kappa shape index (κ2) is 11.4. The number of carboxylic acids is 1. The van der Waals surface area contributed by atoms with E-state index in [1.165, 1.54) is 12.1 Å². The Morgan fingerprint density at radius 2 is 1.56 bits per heavy atom. The van der Waals surface area contributed by atoms with Crippen LogP contribution in [0.2, 0.25) is 0 Å². The minimum Gasteiger partial charge on any atom is -0.480 e. The smallest absolute Gasteiger partial charge is 0.389 e. The van der Waals surface area contributed by atoms with Crippen LogP contribution in [0.4, 0.5) is 13.2 Å². The molecule has 0 aliphatic heterocycles. The van der Waals surface area contributed by atoms with Crippen molar-refractivity contribution in [1.82, 2.24) is 5.32 Å². The molecule has 3 aromatic carbocycles. The summed E-state index contributed by atoms with van der Waals surface area (Å²) in [5.74, 6) is -2.99. The van der Waals surface area contributed by atoms with Gasteiger partial charge in [0.15, 0.2) is 5.92 Å². The highest BCUT2D eigenvalue weighted by atomic mass is 19.4. The van der Waals surface area contributed by atoms with Crippen molar-refractivity contribution < 1.29 is 32.6 Å². The van der Waals surface area contributed by atoms with Gasteiger partial charge in [-0.3, -0.25) is 9.59 Å². The first-order valence-electron chi connectivity index (χ1n) is 10.7. The monoisotopic (exact) mass is 471 g/mol. The lowest BCUT2D eigenvalue weighted by Crippen LogP contribution is -2.34. The molecule has 3 rings (SSSR count). The van der Waals surface area contributed by atoms with Crippen LogP contribution in [0.1, 0.15) is 35.4 Å². The van der Waals surface area contributed by atoms with Crippen molar-refractivity contribution in [1.29, 1.82) is 0 Å². The molecule has 0 aromatic heterocycles. The maximum atomic E-state index is 12.9. The van der Waals surface area contributed by atoms with Gasteiger partial charge >= 0.3 is 12.1 Å². The van der Waals surface area contributed by atoms with Crippen molar-refractivity contribution in [3.63, 3.8) is 0 Å². The number of aryl methyl sites for hydroxylation is 1. The van der Waals surface area contributed by atoms with Crippen molar-refractivity contribution in [2.75, 3.05) is 0 Å². The number of rotatable bonds is 10. The Morgan fingerprint density at radius 1 is 0.912 bits per heavy atom. The Labute approximate surface area is 195 Å². The SMILES string of the molecule is O=C(O)C(C(=O)NCc1ccccc1)c1cc(Oc2ccccc2)ccc1CCCC(F)(F)F. The summed E-state index contributed by atoms with van der Waals surface area (Å²) < 4.78 is 43.8. The van der Waals surface area contributed by atoms with Crippen LogP contribution in [-0.2, 0) is 22.6 Å². The predicted octanol–water partition coefficient (Wildman–Crippen LogP) is 5.85. The molecule has 0 aliphatic rings. The molecule has 0 heterocycles. The van der Waals surface area contributed by atoms with Crippen molar-refractivity contribution in [3.8, 4) is 11.5 Å². The standard InChI is InChI=1S/C26H24F3NO4/c27-26(28,29)15-7-10-19-13-14-21(34-20-11-5-2-6-12-20)16-22(19)23(25(32)33)24(31)30-17-18-8-3-1-4-9-18/h1-6,8-9,11-14,16,23H,7,10,15,17H2,(H,30,31)(H,32,33). The molecule has 178 valence electrons. The summed E-state index contributed by atoms with van der Waals surface area (Å²) in [5, 5.41) is 12.5. The molecule has 0 fully saturated rings. The number of para-hydroxylation sites is 1. The quantitative estimate of drug-likeness (QED) is 0.364. The van der Waals surface area contributed by atoms with Crippen LogP contribution in [-0.4, -0.2) is 23.2 Å². The number of alkyl halides is 3. The second-order valence-electron chi connectivity index (χ2n) is 7.72. The molecular weight excluding hydrogens is 447 g/mol. The van der Waals surface area contributed by atoms with Crippen molar-refractivity contribution in [2.24, 2.45) is 0 Å². The van der Waals surface area contributed by atoms with Gasteiger partial charge in [0, 0.05) is 13.0 Å². The molecule has 5 nitrogen and oxygen atoms in total. The zero-order chi connectivity index (χ0) is 24.6. The van der Waals surface area contributed by atoms with E-state index in [0.29, 0.717) is 11.3 Å². The topological polar surface area (TPSA) is 75.6 Å². The van der Waals surface area contributed by atoms with Gasteiger partial charge in [0.25, 0.3) is 0 Å². The molecule has 0 bridgehead atoms. The van der Waals surface area contributed by atoms with Gasteiger partial charge in [0.2, 0.25) is 5.91 Å². The fourth-order valence-electron chi connectivity index (χ4n) is 3.51. The second-order valence-corrected chi connectivity index (χ2v) is 7.72. The minimum atomic E-state index is -4.32. The van der Waals surface area contributed by atoms with Gasteiger partial charge in [0.05, 0.1) is 0 Å². The van der Waals surface area contributed by atoms with Crippen molar-refractivity contribution >= 4 is 11.9 Å². The molecule has 1 amide bonds. The Bertz CT molecular complexity index is 1100. The number of benzene rings is 3. The first kappa shape index (κ1) is 24.8. The lowest BCUT2D eigenvalue weighted by molar-refractivity contribution is -0.143. The Balaban J connectivity index is 1.88. The fourth-order valence-corrected chi connectivity index (χ4v) is 3.51. The first-order chi connectivity index (χ1) is 16.2. The summed E-state index contributed by atoms with van der Waals surface area (Å²) in [7, 11) is 0. The molecule has 1 unspecified atom stereocenters. The van der Waals surface area contributed by atoms with Crippen LogP contribution in [0.25, 0.3) is 0 Å². The number of hydrogen-bond acceptors (Lipinski definition) is 3. The molecule has 0 radical (unpaired) electrons. The van der Waals surface area contributed by atoms with E-state index in [2.05, 4.69) is 5.32 Å². The predicted molar refractivity (Wildman–Crippen MR) is 121 cm³/mol. The molecule has 0 aliphatic carbocycles. The van der Waals surface area contributed by atoms with E-state index < -0.39 is 30.4 Å². The van der Waals surface area contributed by atoms with Gasteiger partial charge in [-0.1, -0.05) is 54.6 Å². The summed E-state index contributed by atoms with van der Waals surface area (Å²) in [6.07, 6.45) is -5.59. The highest BCUT2D eigenvalue weighted by molar-refractivity contribution is 6.03. The van der Waals surface area contributed by atoms with Crippen molar-refractivity contribution in [2.45, 2.75) is 37.9 Å². The number of amides is 1. The molecular formula is C26H24F3NO4. The molecule has 0 saturated heterocycles. The van der Waals surface area contributed by atoms with Crippen LogP contribution >= 0.6 is 0 Å². The van der Waals surface area contributed by atoms with E-state index in [1.807, 2.05) is 6.07 Å². The molecule has 0 spiro atoms. The maximum Gasteiger partial charge on any atom is 0.389 e. The molecule has 2 N–H and O–H groups in total. The Morgan fingerprint density at radius 3 is 2.18 bits per heavy atom. The number of carbonyl (C=O) groups is 2. The largest absolute Gasteiger partial charge is 0.480 e. The summed E-state index contributed by atoms with van der Waals surface area (Å²) in [4.78, 5) is 25.0. The van der Waals surface area contributed by atoms with E-state index in [4.69, 9.17) is 4.74 Å². The summed E-state index contributed by atoms with van der Waals surface area (Å²) in [5.41, 5.74) is 1.24. The van der Waals surface area contributed by atoms with Crippen molar-refractivity contribution in [3.05, 3.63) is 95.6 Å². The molecule has 3 aromatic rings. The normalized spacial score (nSPS) is 12.1. The van der Waals surface area contributed by atoms with E-state index in [1.54, 1.807) is 60.7 Å². The number of carboxylic acid groups (broad SMARTS) is 1. The number of ether oxygens (including phenoxy) is 1. The molecule has 8 heteroatoms. The summed E-state index contributed by atoms with van der Waals surface area (Å²) in [6, 6.07) is 22.2. The van der Waals surface area contributed by atoms with Crippen LogP contribution in [0.3, 0.4) is 0 Å². The highest BCUT2D eigenvalue weighted by Crippen LogP contribution is 2.31. The molecule has 34 heavy (non-hydrogen) atoms. The summed E-state index contributed by atoms with van der Waals surface area (Å²) >= 11 is 0. The third-order valence-corrected chi connectivity index (χ3v) is 5.13. The number of hydrogen-bond donors (Lipinski definition) is 2. The first-order valence-corrected chi connectivity index (χ1v) is 10.7. The minimum absolute atomic E-state index is 0.0315. The zero-order valence-electron chi connectivity index (χ0n) is 18.2. The van der Waals surface area contributed by atoms with Gasteiger partial charge < -0.3 is 15.2 Å². The van der Waals surface area contributed by atoms with Crippen LogP contribution in [0.5, 0.6) is 11.5 Å². The van der Waals surface area contributed by atoms with E-state index in [0.717, 1.165) is 5.56 Å². The molecule has 1 atom stereocenters. The van der Waals surface area contributed by atoms with Gasteiger partial charge in [-0.2, -0.15) is 13.2 Å². The zero-order valence-corrected chi connectivity index (χ0v) is 18.2. The third kappa shape index (κ3) is 7.37. The third-order valence-electron chi connectivity index (χ3n) is 5.13. The van der Waals surface area contributed by atoms with Crippen LogP contribution in [0, 0.1) is 0 Å². The van der Waals surface area contributed by atoms with Gasteiger partial charge in [-0.05, 0) is 53.8 Å². The Kier molecular flexibility index (Phi) is 8.29. The van der Waals surface area contributed by atoms with E-state index in [9.17, 15) is 27.9 Å². The number of halogens is 3. The Hall–Kier alpha value is -3.81. The van der Waals surface area contributed by atoms with Crippen LogP contribution in [0.15, 0.2) is 78.9 Å². The lowest BCUT2D eigenvalue weighted by atomic mass is 9.90. The number of aliphatic carboxylic acids is 1. The van der Waals surface area contributed by atoms with Gasteiger partial charge in [-0.25, -0.2) is 0 Å². The van der Waals surface area contributed by atoms with Gasteiger partial charge in [-0.15, -0.1) is 0 Å². The van der Waals surface area contributed by atoms with E-state index in [-0.39, 0.29) is 30.7 Å².